The van der Waals surface area contributed by atoms with E-state index >= 15 is 0 Å². The number of aromatic nitrogens is 2. The molecule has 1 aliphatic carbocycles. The van der Waals surface area contributed by atoms with Gasteiger partial charge in [0.05, 0.1) is 24.5 Å². The highest BCUT2D eigenvalue weighted by atomic mass is 16.5. The summed E-state index contributed by atoms with van der Waals surface area (Å²) in [6.45, 7) is 1.21. The zero-order valence-corrected chi connectivity index (χ0v) is 16.3. The lowest BCUT2D eigenvalue weighted by Gasteiger charge is -2.08. The summed E-state index contributed by atoms with van der Waals surface area (Å²) in [5.74, 6) is 0.647. The summed E-state index contributed by atoms with van der Waals surface area (Å²) in [7, 11) is 0. The number of nitrogens with zero attached hydrogens (tertiary/aromatic N) is 2. The van der Waals surface area contributed by atoms with Crippen LogP contribution >= 0.6 is 0 Å². The molecule has 0 saturated heterocycles. The first kappa shape index (κ1) is 19.2. The molecule has 0 unspecified atom stereocenters. The van der Waals surface area contributed by atoms with E-state index in [0.29, 0.717) is 19.8 Å². The highest BCUT2D eigenvalue weighted by Crippen LogP contribution is 2.27. The van der Waals surface area contributed by atoms with Gasteiger partial charge in [-0.05, 0) is 49.1 Å². The highest BCUT2D eigenvalue weighted by molar-refractivity contribution is 5.77. The summed E-state index contributed by atoms with van der Waals surface area (Å²) in [5, 5.41) is 7.68. The Balaban J connectivity index is 1.24. The number of carbonyl (C=O) groups is 1. The Hall–Kier alpha value is -3.12. The van der Waals surface area contributed by atoms with Crippen molar-refractivity contribution >= 4 is 5.91 Å². The summed E-state index contributed by atoms with van der Waals surface area (Å²) >= 11 is 0. The van der Waals surface area contributed by atoms with Gasteiger partial charge >= 0.3 is 0 Å². The lowest BCUT2D eigenvalue weighted by molar-refractivity contribution is -0.126. The molecule has 2 aromatic carbocycles. The molecule has 1 N–H and O–H groups in total. The predicted octanol–water partition coefficient (Wildman–Crippen LogP) is 3.07. The zero-order chi connectivity index (χ0) is 19.9. The maximum absolute atomic E-state index is 12.1. The van der Waals surface area contributed by atoms with Crippen molar-refractivity contribution in [1.29, 1.82) is 0 Å². The van der Waals surface area contributed by atoms with Crippen LogP contribution in [0.5, 0.6) is 5.75 Å². The SMILES string of the molecule is O=C(COCCOc1ccccc1)NCc1nn(-c2ccccc2)c2c1CCC2. The number of para-hydroxylation sites is 2. The van der Waals surface area contributed by atoms with Crippen LogP contribution in [0, 0.1) is 0 Å². The lowest BCUT2D eigenvalue weighted by Crippen LogP contribution is -2.28. The second kappa shape index (κ2) is 9.39. The van der Waals surface area contributed by atoms with Gasteiger partial charge in [-0.2, -0.15) is 5.10 Å². The maximum atomic E-state index is 12.1. The monoisotopic (exact) mass is 391 g/mol. The number of ether oxygens (including phenoxy) is 2. The molecule has 0 aliphatic heterocycles. The fourth-order valence-corrected chi connectivity index (χ4v) is 3.57. The molecule has 1 amide bonds. The molecule has 0 fully saturated rings. The standard InChI is InChI=1S/C23H25N3O3/c27-23(17-28-14-15-29-19-10-5-2-6-11-19)24-16-21-20-12-7-13-22(20)26(25-21)18-8-3-1-4-9-18/h1-6,8-11H,7,12-17H2,(H,24,27). The van der Waals surface area contributed by atoms with Gasteiger partial charge in [0.1, 0.15) is 19.0 Å². The van der Waals surface area contributed by atoms with Gasteiger partial charge in [0.2, 0.25) is 5.91 Å². The topological polar surface area (TPSA) is 65.4 Å². The highest BCUT2D eigenvalue weighted by Gasteiger charge is 2.23. The fourth-order valence-electron chi connectivity index (χ4n) is 3.57. The van der Waals surface area contributed by atoms with Gasteiger partial charge in [-0.25, -0.2) is 4.68 Å². The second-order valence-electron chi connectivity index (χ2n) is 6.96. The number of benzene rings is 2. The van der Waals surface area contributed by atoms with E-state index in [4.69, 9.17) is 14.6 Å². The van der Waals surface area contributed by atoms with Gasteiger partial charge in [0, 0.05) is 5.69 Å². The van der Waals surface area contributed by atoms with Crippen molar-refractivity contribution in [2.24, 2.45) is 0 Å². The Bertz CT molecular complexity index is 939. The van der Waals surface area contributed by atoms with Gasteiger partial charge in [0.15, 0.2) is 0 Å². The van der Waals surface area contributed by atoms with E-state index in [9.17, 15) is 4.79 Å². The molecule has 0 atom stereocenters. The van der Waals surface area contributed by atoms with Crippen LogP contribution in [0.4, 0.5) is 0 Å². The molecule has 4 rings (SSSR count). The molecule has 3 aromatic rings. The minimum absolute atomic E-state index is 0.0136. The molecule has 1 heterocycles. The van der Waals surface area contributed by atoms with Crippen LogP contribution in [-0.4, -0.2) is 35.5 Å². The van der Waals surface area contributed by atoms with Gasteiger partial charge in [0.25, 0.3) is 0 Å². The van der Waals surface area contributed by atoms with E-state index in [1.54, 1.807) is 0 Å². The molecule has 1 aliphatic rings. The van der Waals surface area contributed by atoms with Crippen LogP contribution < -0.4 is 10.1 Å². The minimum Gasteiger partial charge on any atom is -0.491 e. The van der Waals surface area contributed by atoms with Gasteiger partial charge < -0.3 is 14.8 Å². The number of hydrogen-bond donors (Lipinski definition) is 1. The molecule has 0 saturated carbocycles. The number of fused-ring (bicyclic) bond motifs is 1. The van der Waals surface area contributed by atoms with E-state index in [-0.39, 0.29) is 12.5 Å². The average Bonchev–Trinajstić information content (AvgIpc) is 3.37. The number of carbonyl (C=O) groups excluding carboxylic acids is 1. The van der Waals surface area contributed by atoms with Crippen LogP contribution in [0.3, 0.4) is 0 Å². The zero-order valence-electron chi connectivity index (χ0n) is 16.3. The van der Waals surface area contributed by atoms with Crippen molar-refractivity contribution < 1.29 is 14.3 Å². The molecule has 0 radical (unpaired) electrons. The third-order valence-corrected chi connectivity index (χ3v) is 4.94. The lowest BCUT2D eigenvalue weighted by atomic mass is 10.2. The normalized spacial score (nSPS) is 12.6. The Morgan fingerprint density at radius 3 is 2.55 bits per heavy atom. The van der Waals surface area contributed by atoms with Crippen LogP contribution in [0.2, 0.25) is 0 Å². The Labute approximate surface area is 170 Å². The number of rotatable bonds is 9. The van der Waals surface area contributed by atoms with E-state index in [1.165, 1.54) is 11.3 Å². The largest absolute Gasteiger partial charge is 0.491 e. The molecule has 6 heteroatoms. The van der Waals surface area contributed by atoms with Gasteiger partial charge in [-0.1, -0.05) is 36.4 Å². The smallest absolute Gasteiger partial charge is 0.246 e. The molecular weight excluding hydrogens is 366 g/mol. The van der Waals surface area contributed by atoms with Crippen molar-refractivity contribution in [3.05, 3.63) is 77.6 Å². The minimum atomic E-state index is -0.147. The summed E-state index contributed by atoms with van der Waals surface area (Å²) in [6.07, 6.45) is 3.17. The second-order valence-corrected chi connectivity index (χ2v) is 6.96. The van der Waals surface area contributed by atoms with Crippen LogP contribution in [-0.2, 0) is 28.9 Å². The molecule has 150 valence electrons. The molecule has 0 bridgehead atoms. The van der Waals surface area contributed by atoms with Crippen LogP contribution in [0.15, 0.2) is 60.7 Å². The quantitative estimate of drug-likeness (QED) is 0.570. The summed E-state index contributed by atoms with van der Waals surface area (Å²) in [5.41, 5.74) is 4.54. The van der Waals surface area contributed by atoms with Crippen molar-refractivity contribution in [3.8, 4) is 11.4 Å². The third kappa shape index (κ3) is 4.84. The van der Waals surface area contributed by atoms with Crippen molar-refractivity contribution in [3.63, 3.8) is 0 Å². The molecular formula is C23H25N3O3. The third-order valence-electron chi connectivity index (χ3n) is 4.94. The summed E-state index contributed by atoms with van der Waals surface area (Å²) in [4.78, 5) is 12.1. The van der Waals surface area contributed by atoms with E-state index < -0.39 is 0 Å². The van der Waals surface area contributed by atoms with Crippen molar-refractivity contribution in [2.75, 3.05) is 19.8 Å². The molecule has 0 spiro atoms. The Kier molecular flexibility index (Phi) is 6.22. The molecule has 1 aromatic heterocycles. The summed E-state index contributed by atoms with van der Waals surface area (Å²) < 4.78 is 13.0. The molecule has 6 nitrogen and oxygen atoms in total. The average molecular weight is 391 g/mol. The number of hydrogen-bond acceptors (Lipinski definition) is 4. The summed E-state index contributed by atoms with van der Waals surface area (Å²) in [6, 6.07) is 19.7. The van der Waals surface area contributed by atoms with Gasteiger partial charge in [-0.3, -0.25) is 4.79 Å². The Morgan fingerprint density at radius 2 is 1.76 bits per heavy atom. The Morgan fingerprint density at radius 1 is 1.00 bits per heavy atom. The first-order chi connectivity index (χ1) is 14.3. The first-order valence-corrected chi connectivity index (χ1v) is 9.98. The maximum Gasteiger partial charge on any atom is 0.246 e. The van der Waals surface area contributed by atoms with Crippen LogP contribution in [0.1, 0.15) is 23.4 Å². The van der Waals surface area contributed by atoms with E-state index in [0.717, 1.165) is 36.4 Å². The number of amides is 1. The fraction of sp³-hybridized carbons (Fsp3) is 0.304. The van der Waals surface area contributed by atoms with Crippen molar-refractivity contribution in [2.45, 2.75) is 25.8 Å². The van der Waals surface area contributed by atoms with E-state index in [1.807, 2.05) is 53.2 Å². The van der Waals surface area contributed by atoms with Crippen LogP contribution in [0.25, 0.3) is 5.69 Å². The van der Waals surface area contributed by atoms with E-state index in [2.05, 4.69) is 17.4 Å². The van der Waals surface area contributed by atoms with Crippen molar-refractivity contribution in [1.82, 2.24) is 15.1 Å². The first-order valence-electron chi connectivity index (χ1n) is 9.98. The predicted molar refractivity (Wildman–Crippen MR) is 110 cm³/mol. The van der Waals surface area contributed by atoms with Gasteiger partial charge in [-0.15, -0.1) is 0 Å². The number of nitrogens with one attached hydrogen (secondary N) is 1. The molecule has 29 heavy (non-hydrogen) atoms.